The molecule has 0 bridgehead atoms. The summed E-state index contributed by atoms with van der Waals surface area (Å²) < 4.78 is 0. The molecule has 1 unspecified atom stereocenters. The number of hydrogen-bond acceptors (Lipinski definition) is 5. The van der Waals surface area contributed by atoms with Crippen LogP contribution in [0.1, 0.15) is 18.8 Å². The van der Waals surface area contributed by atoms with Crippen LogP contribution in [0, 0.1) is 0 Å². The van der Waals surface area contributed by atoms with Gasteiger partial charge in [0.05, 0.1) is 17.1 Å². The van der Waals surface area contributed by atoms with Crippen LogP contribution in [0.25, 0.3) is 22.4 Å². The molecule has 0 fully saturated rings. The van der Waals surface area contributed by atoms with Crippen LogP contribution in [-0.2, 0) is 11.3 Å². The fraction of sp³-hybridized carbons (Fsp3) is 0.167. The monoisotopic (exact) mass is 347 g/mol. The number of amides is 1. The molecule has 2 heterocycles. The SMILES string of the molecule is CC(NC(=O)Cn1nnc(-c2ccccc2)n1)c1nc2ccccc2[nH]1. The molecule has 1 amide bonds. The lowest BCUT2D eigenvalue weighted by Gasteiger charge is -2.10. The molecule has 0 aliphatic heterocycles. The summed E-state index contributed by atoms with van der Waals surface area (Å²) in [6.45, 7) is 1.87. The topological polar surface area (TPSA) is 101 Å². The number of H-pyrrole nitrogens is 1. The van der Waals surface area contributed by atoms with Crippen molar-refractivity contribution in [2.75, 3.05) is 0 Å². The van der Waals surface area contributed by atoms with E-state index in [9.17, 15) is 4.79 Å². The number of nitrogens with one attached hydrogen (secondary N) is 2. The number of imidazole rings is 1. The second-order valence-electron chi connectivity index (χ2n) is 5.94. The Hall–Kier alpha value is -3.55. The van der Waals surface area contributed by atoms with Crippen LogP contribution < -0.4 is 5.32 Å². The van der Waals surface area contributed by atoms with Gasteiger partial charge in [-0.25, -0.2) is 4.98 Å². The Bertz CT molecular complexity index is 1000. The molecule has 0 aliphatic rings. The molecule has 0 saturated heterocycles. The first-order valence-electron chi connectivity index (χ1n) is 8.26. The average Bonchev–Trinajstić information content (AvgIpc) is 3.29. The van der Waals surface area contributed by atoms with E-state index in [1.165, 1.54) is 4.80 Å². The minimum Gasteiger partial charge on any atom is -0.345 e. The molecule has 4 aromatic rings. The van der Waals surface area contributed by atoms with Crippen LogP contribution in [0.5, 0.6) is 0 Å². The lowest BCUT2D eigenvalue weighted by atomic mass is 10.2. The summed E-state index contributed by atoms with van der Waals surface area (Å²) in [7, 11) is 0. The number of hydrogen-bond donors (Lipinski definition) is 2. The van der Waals surface area contributed by atoms with E-state index >= 15 is 0 Å². The Kier molecular flexibility index (Phi) is 4.14. The third kappa shape index (κ3) is 3.30. The van der Waals surface area contributed by atoms with Gasteiger partial charge in [-0.05, 0) is 24.3 Å². The number of rotatable bonds is 5. The zero-order valence-electron chi connectivity index (χ0n) is 14.1. The molecule has 8 nitrogen and oxygen atoms in total. The molecule has 130 valence electrons. The van der Waals surface area contributed by atoms with Crippen molar-refractivity contribution < 1.29 is 4.79 Å². The van der Waals surface area contributed by atoms with E-state index < -0.39 is 0 Å². The van der Waals surface area contributed by atoms with Gasteiger partial charge in [-0.2, -0.15) is 4.80 Å². The first kappa shape index (κ1) is 15.9. The van der Waals surface area contributed by atoms with Gasteiger partial charge >= 0.3 is 0 Å². The Morgan fingerprint density at radius 1 is 1.15 bits per heavy atom. The normalized spacial score (nSPS) is 12.2. The summed E-state index contributed by atoms with van der Waals surface area (Å²) in [6.07, 6.45) is 0. The summed E-state index contributed by atoms with van der Waals surface area (Å²) >= 11 is 0. The molecule has 0 saturated carbocycles. The highest BCUT2D eigenvalue weighted by atomic mass is 16.2. The number of aromatic amines is 1. The molecule has 4 rings (SSSR count). The summed E-state index contributed by atoms with van der Waals surface area (Å²) in [5, 5.41) is 15.1. The summed E-state index contributed by atoms with van der Waals surface area (Å²) in [4.78, 5) is 21.3. The fourth-order valence-corrected chi connectivity index (χ4v) is 2.67. The van der Waals surface area contributed by atoms with Gasteiger partial charge in [-0.1, -0.05) is 42.5 Å². The Morgan fingerprint density at radius 3 is 2.73 bits per heavy atom. The molecule has 0 spiro atoms. The van der Waals surface area contributed by atoms with Gasteiger partial charge in [0.1, 0.15) is 12.4 Å². The van der Waals surface area contributed by atoms with Crippen LogP contribution in [0.2, 0.25) is 0 Å². The van der Waals surface area contributed by atoms with Crippen molar-refractivity contribution >= 4 is 16.9 Å². The second-order valence-corrected chi connectivity index (χ2v) is 5.94. The van der Waals surface area contributed by atoms with Crippen LogP contribution in [0.3, 0.4) is 0 Å². The van der Waals surface area contributed by atoms with Crippen molar-refractivity contribution in [3.63, 3.8) is 0 Å². The highest BCUT2D eigenvalue weighted by Crippen LogP contribution is 2.15. The predicted molar refractivity (Wildman–Crippen MR) is 95.9 cm³/mol. The number of nitrogens with zero attached hydrogens (tertiary/aromatic N) is 5. The van der Waals surface area contributed by atoms with Gasteiger partial charge in [0.2, 0.25) is 11.7 Å². The van der Waals surface area contributed by atoms with E-state index in [0.717, 1.165) is 16.6 Å². The number of aromatic nitrogens is 6. The number of carbonyl (C=O) groups is 1. The highest BCUT2D eigenvalue weighted by Gasteiger charge is 2.15. The standard InChI is InChI=1S/C18H17N7O/c1-12(17-20-14-9-5-6-10-15(14)21-17)19-16(26)11-25-23-18(22-24-25)13-7-3-2-4-8-13/h2-10,12H,11H2,1H3,(H,19,26)(H,20,21). The van der Waals surface area contributed by atoms with E-state index in [2.05, 4.69) is 30.7 Å². The quantitative estimate of drug-likeness (QED) is 0.576. The lowest BCUT2D eigenvalue weighted by Crippen LogP contribution is -2.31. The second kappa shape index (κ2) is 6.75. The summed E-state index contributed by atoms with van der Waals surface area (Å²) in [5.41, 5.74) is 2.66. The first-order valence-corrected chi connectivity index (χ1v) is 8.26. The van der Waals surface area contributed by atoms with Crippen molar-refractivity contribution in [1.29, 1.82) is 0 Å². The maximum atomic E-state index is 12.3. The van der Waals surface area contributed by atoms with Gasteiger partial charge in [0, 0.05) is 5.56 Å². The molecule has 0 radical (unpaired) electrons. The van der Waals surface area contributed by atoms with E-state index in [4.69, 9.17) is 0 Å². The van der Waals surface area contributed by atoms with E-state index in [1.807, 2.05) is 61.5 Å². The van der Waals surface area contributed by atoms with Crippen LogP contribution in [0.15, 0.2) is 54.6 Å². The minimum atomic E-state index is -0.257. The van der Waals surface area contributed by atoms with Gasteiger partial charge in [-0.15, -0.1) is 10.2 Å². The first-order chi connectivity index (χ1) is 12.7. The molecule has 8 heteroatoms. The van der Waals surface area contributed by atoms with Gasteiger partial charge < -0.3 is 10.3 Å². The van der Waals surface area contributed by atoms with Crippen molar-refractivity contribution in [3.8, 4) is 11.4 Å². The molecule has 2 N–H and O–H groups in total. The maximum absolute atomic E-state index is 12.3. The van der Waals surface area contributed by atoms with Gasteiger partial charge in [-0.3, -0.25) is 4.79 Å². The summed E-state index contributed by atoms with van der Waals surface area (Å²) in [6, 6.07) is 17.0. The van der Waals surface area contributed by atoms with Crippen molar-refractivity contribution in [2.24, 2.45) is 0 Å². The average molecular weight is 347 g/mol. The molecule has 2 aromatic heterocycles. The number of tetrazole rings is 1. The molecular formula is C18H17N7O. The van der Waals surface area contributed by atoms with Gasteiger partial charge in [0.25, 0.3) is 0 Å². The smallest absolute Gasteiger partial charge is 0.244 e. The summed E-state index contributed by atoms with van der Waals surface area (Å²) in [5.74, 6) is 0.981. The maximum Gasteiger partial charge on any atom is 0.244 e. The number of carbonyl (C=O) groups excluding carboxylic acids is 1. The fourth-order valence-electron chi connectivity index (χ4n) is 2.67. The van der Waals surface area contributed by atoms with Crippen molar-refractivity contribution in [1.82, 2.24) is 35.5 Å². The molecule has 0 aliphatic carbocycles. The molecule has 26 heavy (non-hydrogen) atoms. The Balaban J connectivity index is 1.41. The van der Waals surface area contributed by atoms with E-state index in [1.54, 1.807) is 0 Å². The predicted octanol–water partition coefficient (Wildman–Crippen LogP) is 2.09. The Labute approximate surface area is 149 Å². The Morgan fingerprint density at radius 2 is 1.92 bits per heavy atom. The molecular weight excluding hydrogens is 330 g/mol. The van der Waals surface area contributed by atoms with Crippen molar-refractivity contribution in [3.05, 3.63) is 60.4 Å². The third-order valence-electron chi connectivity index (χ3n) is 3.97. The van der Waals surface area contributed by atoms with Crippen LogP contribution >= 0.6 is 0 Å². The largest absolute Gasteiger partial charge is 0.345 e. The van der Waals surface area contributed by atoms with E-state index in [0.29, 0.717) is 11.6 Å². The highest BCUT2D eigenvalue weighted by molar-refractivity contribution is 5.77. The lowest BCUT2D eigenvalue weighted by molar-refractivity contribution is -0.122. The van der Waals surface area contributed by atoms with Gasteiger partial charge in [0.15, 0.2) is 0 Å². The third-order valence-corrected chi connectivity index (χ3v) is 3.97. The number of para-hydroxylation sites is 2. The molecule has 2 aromatic carbocycles. The zero-order chi connectivity index (χ0) is 17.9. The van der Waals surface area contributed by atoms with Crippen molar-refractivity contribution in [2.45, 2.75) is 19.5 Å². The zero-order valence-corrected chi connectivity index (χ0v) is 14.1. The van der Waals surface area contributed by atoms with Crippen LogP contribution in [-0.4, -0.2) is 36.1 Å². The number of benzene rings is 2. The number of fused-ring (bicyclic) bond motifs is 1. The van der Waals surface area contributed by atoms with E-state index in [-0.39, 0.29) is 18.5 Å². The van der Waals surface area contributed by atoms with Crippen LogP contribution in [0.4, 0.5) is 0 Å². The molecule has 1 atom stereocenters. The minimum absolute atomic E-state index is 0.00952.